The Kier molecular flexibility index (Phi) is 6.04. The van der Waals surface area contributed by atoms with Crippen LogP contribution < -0.4 is 0 Å². The van der Waals surface area contributed by atoms with Gasteiger partial charge >= 0.3 is 0 Å². The monoisotopic (exact) mass is 261 g/mol. The van der Waals surface area contributed by atoms with Gasteiger partial charge in [-0.2, -0.15) is 0 Å². The van der Waals surface area contributed by atoms with E-state index in [1.54, 1.807) is 0 Å². The number of rotatable bonds is 0. The van der Waals surface area contributed by atoms with Crippen LogP contribution in [0.4, 0.5) is 0 Å². The van der Waals surface area contributed by atoms with Crippen molar-refractivity contribution in [2.24, 2.45) is 0 Å². The van der Waals surface area contributed by atoms with Gasteiger partial charge in [0.2, 0.25) is 0 Å². The second kappa shape index (κ2) is 7.84. The predicted molar refractivity (Wildman–Crippen MR) is 74.5 cm³/mol. The molecule has 0 aliphatic rings. The van der Waals surface area contributed by atoms with Crippen LogP contribution in [0.3, 0.4) is 0 Å². The van der Waals surface area contributed by atoms with E-state index in [0.717, 1.165) is 8.64 Å². The molecule has 6 heteroatoms. The smallest absolute Gasteiger partial charge is 0.146 e. The standard InChI is InChI=1S/C6H12N2S4.CH4/c1-7(2)5(9)11-12-6(10)8(3)4;/h1-4H3;1H4/i;1T2D. The van der Waals surface area contributed by atoms with E-state index in [9.17, 15) is 0 Å². The number of hydrogen-bond acceptors (Lipinski definition) is 4. The highest BCUT2D eigenvalue weighted by Crippen LogP contribution is 2.26. The van der Waals surface area contributed by atoms with Crippen molar-refractivity contribution in [3.05, 3.63) is 0 Å². The molecule has 0 aromatic heterocycles. The zero-order chi connectivity index (χ0) is 13.3. The van der Waals surface area contributed by atoms with Crippen LogP contribution >= 0.6 is 46.0 Å². The molecule has 0 spiro atoms. The fraction of sp³-hybridized carbons (Fsp3) is 0.714. The van der Waals surface area contributed by atoms with Crippen molar-refractivity contribution in [2.75, 3.05) is 28.2 Å². The van der Waals surface area contributed by atoms with E-state index >= 15 is 0 Å². The maximum absolute atomic E-state index is 5.92. The van der Waals surface area contributed by atoms with Crippen LogP contribution in [0.15, 0.2) is 0 Å². The van der Waals surface area contributed by atoms with Gasteiger partial charge in [-0.15, -0.1) is 0 Å². The lowest BCUT2D eigenvalue weighted by Gasteiger charge is -2.15. The Morgan fingerprint density at radius 3 is 1.62 bits per heavy atom. The van der Waals surface area contributed by atoms with Gasteiger partial charge in [-0.1, -0.05) is 31.8 Å². The molecule has 78 valence electrons. The van der Waals surface area contributed by atoms with Crippen molar-refractivity contribution in [1.82, 2.24) is 9.80 Å². The Labute approximate surface area is 104 Å². The predicted octanol–water partition coefficient (Wildman–Crippen LogP) is 2.70. The third-order valence-corrected chi connectivity index (χ3v) is 5.07. The molecule has 0 aromatic carbocycles. The van der Waals surface area contributed by atoms with Crippen LogP contribution in [0.25, 0.3) is 0 Å². The molecule has 0 aliphatic carbocycles. The van der Waals surface area contributed by atoms with E-state index < -0.39 is 7.35 Å². The lowest BCUT2D eigenvalue weighted by Crippen LogP contribution is -2.18. The summed E-state index contributed by atoms with van der Waals surface area (Å²) in [6.07, 6.45) is 0. The summed E-state index contributed by atoms with van der Waals surface area (Å²) in [5.74, 6) is 0. The van der Waals surface area contributed by atoms with E-state index in [4.69, 9.17) is 28.5 Å². The molecule has 0 aromatic rings. The molecule has 0 N–H and O–H groups in total. The summed E-state index contributed by atoms with van der Waals surface area (Å²) in [5, 5.41) is 0. The fourth-order valence-corrected chi connectivity index (χ4v) is 2.60. The third kappa shape index (κ3) is 7.54. The first-order valence-electron chi connectivity index (χ1n) is 4.95. The molecule has 0 aliphatic heterocycles. The maximum atomic E-state index is 5.92. The third-order valence-electron chi connectivity index (χ3n) is 0.915. The summed E-state index contributed by atoms with van der Waals surface area (Å²) in [5.41, 5.74) is 0. The minimum Gasteiger partial charge on any atom is -0.363 e. The molecule has 0 amide bonds. The first-order valence-corrected chi connectivity index (χ1v) is 6.19. The van der Waals surface area contributed by atoms with Crippen LogP contribution in [0.1, 0.15) is 11.5 Å². The topological polar surface area (TPSA) is 6.48 Å². The van der Waals surface area contributed by atoms with Crippen molar-refractivity contribution in [3.63, 3.8) is 0 Å². The van der Waals surface area contributed by atoms with E-state index in [1.165, 1.54) is 21.6 Å². The minimum atomic E-state index is -1.42. The Balaban J connectivity index is 0. The van der Waals surface area contributed by atoms with E-state index in [1.807, 2.05) is 38.0 Å². The summed E-state index contributed by atoms with van der Waals surface area (Å²) in [7, 11) is 9.31. The Morgan fingerprint density at radius 2 is 1.46 bits per heavy atom. The zero-order valence-corrected chi connectivity index (χ0v) is 11.4. The van der Waals surface area contributed by atoms with Crippen molar-refractivity contribution < 1.29 is 4.11 Å². The van der Waals surface area contributed by atoms with Gasteiger partial charge < -0.3 is 9.80 Å². The molecule has 0 saturated heterocycles. The lowest BCUT2D eigenvalue weighted by molar-refractivity contribution is 0.647. The Bertz CT molecular complexity index is 201. The molecule has 2 nitrogen and oxygen atoms in total. The Morgan fingerprint density at radius 1 is 1.23 bits per heavy atom. The van der Waals surface area contributed by atoms with Gasteiger partial charge in [0.05, 0.1) is 0 Å². The van der Waals surface area contributed by atoms with Gasteiger partial charge in [0.25, 0.3) is 0 Å². The largest absolute Gasteiger partial charge is 0.363 e. The van der Waals surface area contributed by atoms with Crippen LogP contribution in [-0.2, 0) is 0 Å². The van der Waals surface area contributed by atoms with Crippen LogP contribution in [0.2, 0.25) is 0 Å². The van der Waals surface area contributed by atoms with Gasteiger partial charge in [0.15, 0.2) is 0 Å². The first-order chi connectivity index (χ1) is 7.18. The van der Waals surface area contributed by atoms with Crippen molar-refractivity contribution in [2.45, 2.75) is 7.35 Å². The number of hydrogen-bond donors (Lipinski definition) is 0. The highest BCUT2D eigenvalue weighted by molar-refractivity contribution is 8.89. The van der Waals surface area contributed by atoms with Crippen molar-refractivity contribution in [1.29, 1.82) is 0 Å². The van der Waals surface area contributed by atoms with Crippen LogP contribution in [0.5, 0.6) is 0 Å². The second-order valence-electron chi connectivity index (χ2n) is 2.49. The van der Waals surface area contributed by atoms with E-state index in [0.29, 0.717) is 0 Å². The minimum absolute atomic E-state index is 0.837. The highest BCUT2D eigenvalue weighted by atomic mass is 33.1. The highest BCUT2D eigenvalue weighted by Gasteiger charge is 2.04. The molecule has 0 saturated carbocycles. The summed E-state index contributed by atoms with van der Waals surface area (Å²) in [6, 6.07) is 0. The van der Waals surface area contributed by atoms with Gasteiger partial charge in [-0.25, -0.2) is 0 Å². The average molecular weight is 262 g/mol. The zero-order valence-electron chi connectivity index (χ0n) is 11.1. The van der Waals surface area contributed by atoms with Gasteiger partial charge in [-0.3, -0.25) is 0 Å². The molecule has 0 atom stereocenters. The van der Waals surface area contributed by atoms with Crippen LogP contribution in [0, 0.1) is 0 Å². The fourth-order valence-electron chi connectivity index (χ4n) is 0.220. The van der Waals surface area contributed by atoms with Crippen molar-refractivity contribution in [3.8, 4) is 0 Å². The number of nitrogens with zero attached hydrogens (tertiary/aromatic N) is 2. The van der Waals surface area contributed by atoms with Gasteiger partial charge in [0.1, 0.15) is 8.64 Å². The summed E-state index contributed by atoms with van der Waals surface area (Å²) in [6.45, 7) is 0. The first kappa shape index (κ1) is 10.0. The average Bonchev–Trinajstić information content (AvgIpc) is 2.12. The lowest BCUT2D eigenvalue weighted by atomic mass is 11.0. The van der Waals surface area contributed by atoms with Gasteiger partial charge in [-0.05, 0) is 21.6 Å². The summed E-state index contributed by atoms with van der Waals surface area (Å²) in [4.78, 5) is 3.79. The molecule has 0 radical (unpaired) electrons. The molecule has 0 fully saturated rings. The van der Waals surface area contributed by atoms with Crippen molar-refractivity contribution >= 4 is 54.7 Å². The second-order valence-corrected chi connectivity index (χ2v) is 5.88. The SMILES string of the molecule is CN(C)C(=S)SSC(=S)N(C)C.[2H]C([3H])[3H]. The molecular formula is C7H16N2S4. The molecular weight excluding hydrogens is 240 g/mol. The molecule has 13 heavy (non-hydrogen) atoms. The van der Waals surface area contributed by atoms with E-state index in [2.05, 4.69) is 0 Å². The maximum Gasteiger partial charge on any atom is 0.146 e. The molecule has 0 rings (SSSR count). The molecule has 0 bridgehead atoms. The number of thiocarbonyl (C=S) groups is 2. The quantitative estimate of drug-likeness (QED) is 0.485. The normalized spacial score (nSPS) is 11.6. The van der Waals surface area contributed by atoms with Gasteiger partial charge in [0, 0.05) is 32.3 Å². The molecule has 0 unspecified atom stereocenters. The Hall–Kier alpha value is 0.480. The molecule has 0 heterocycles. The summed E-state index contributed by atoms with van der Waals surface area (Å²) < 4.78 is 19.4. The van der Waals surface area contributed by atoms with Crippen LogP contribution in [-0.4, -0.2) is 46.6 Å². The van der Waals surface area contributed by atoms with E-state index in [-0.39, 0.29) is 0 Å². The summed E-state index contributed by atoms with van der Waals surface area (Å²) >= 11 is 10.1.